The number of thiophene rings is 1. The van der Waals surface area contributed by atoms with Crippen molar-refractivity contribution in [1.82, 2.24) is 5.32 Å². The molecule has 0 spiro atoms. The van der Waals surface area contributed by atoms with Crippen LogP contribution in [0.25, 0.3) is 0 Å². The summed E-state index contributed by atoms with van der Waals surface area (Å²) in [5, 5.41) is 6.48. The van der Waals surface area contributed by atoms with Gasteiger partial charge in [-0.1, -0.05) is 32.0 Å². The molecule has 2 atom stereocenters. The Bertz CT molecular complexity index is 705. The number of carbonyl (C=O) groups is 1. The lowest BCUT2D eigenvalue weighted by Crippen LogP contribution is -2.39. The van der Waals surface area contributed by atoms with E-state index in [1.54, 1.807) is 11.3 Å². The third kappa shape index (κ3) is 4.46. The second kappa shape index (κ2) is 7.95. The molecule has 0 saturated heterocycles. The smallest absolute Gasteiger partial charge is 0.241 e. The molecule has 2 N–H and O–H groups in total. The van der Waals surface area contributed by atoms with Gasteiger partial charge in [0.2, 0.25) is 5.91 Å². The number of rotatable bonds is 6. The Morgan fingerprint density at radius 1 is 1.04 bits per heavy atom. The van der Waals surface area contributed by atoms with Crippen LogP contribution in [0.1, 0.15) is 60.5 Å². The van der Waals surface area contributed by atoms with E-state index < -0.39 is 0 Å². The maximum absolute atomic E-state index is 12.6. The Balaban J connectivity index is 2.04. The summed E-state index contributed by atoms with van der Waals surface area (Å²) >= 11 is 1.80. The van der Waals surface area contributed by atoms with Crippen molar-refractivity contribution in [3.63, 3.8) is 0 Å². The number of amides is 1. The van der Waals surface area contributed by atoms with E-state index in [0.717, 1.165) is 11.3 Å². The van der Waals surface area contributed by atoms with Crippen molar-refractivity contribution < 1.29 is 4.79 Å². The Hall–Kier alpha value is -1.65. The number of carbonyl (C=O) groups excluding carboxylic acids is 1. The average Bonchev–Trinajstić information content (AvgIpc) is 2.86. The zero-order chi connectivity index (χ0) is 17.9. The predicted molar refractivity (Wildman–Crippen MR) is 104 cm³/mol. The summed E-state index contributed by atoms with van der Waals surface area (Å²) in [4.78, 5) is 15.2. The van der Waals surface area contributed by atoms with E-state index in [4.69, 9.17) is 0 Å². The number of para-hydroxylation sites is 1. The van der Waals surface area contributed by atoms with E-state index in [-0.39, 0.29) is 18.0 Å². The van der Waals surface area contributed by atoms with E-state index >= 15 is 0 Å². The molecule has 1 heterocycles. The van der Waals surface area contributed by atoms with Crippen molar-refractivity contribution in [1.29, 1.82) is 0 Å². The lowest BCUT2D eigenvalue weighted by atomic mass is 10.0. The molecular formula is C20H28N2OS. The molecule has 1 aromatic heterocycles. The van der Waals surface area contributed by atoms with Crippen molar-refractivity contribution in [2.45, 2.75) is 59.5 Å². The minimum Gasteiger partial charge on any atom is -0.324 e. The summed E-state index contributed by atoms with van der Waals surface area (Å²) in [5.74, 6) is 0.375. The second-order valence-corrected chi connectivity index (χ2v) is 8.17. The number of benzene rings is 1. The molecule has 24 heavy (non-hydrogen) atoms. The maximum atomic E-state index is 12.6. The number of aryl methyl sites for hydroxylation is 2. The van der Waals surface area contributed by atoms with Gasteiger partial charge in [0.1, 0.15) is 0 Å². The highest BCUT2D eigenvalue weighted by Gasteiger charge is 2.19. The molecule has 3 nitrogen and oxygen atoms in total. The first-order valence-electron chi connectivity index (χ1n) is 8.52. The second-order valence-electron chi connectivity index (χ2n) is 6.71. The van der Waals surface area contributed by atoms with Crippen molar-refractivity contribution in [3.8, 4) is 0 Å². The fourth-order valence-electron chi connectivity index (χ4n) is 2.98. The minimum atomic E-state index is -0.264. The lowest BCUT2D eigenvalue weighted by molar-refractivity contribution is -0.117. The molecule has 4 heteroatoms. The topological polar surface area (TPSA) is 41.1 Å². The molecule has 0 bridgehead atoms. The zero-order valence-corrected chi connectivity index (χ0v) is 16.3. The van der Waals surface area contributed by atoms with E-state index in [2.05, 4.69) is 57.4 Å². The van der Waals surface area contributed by atoms with Crippen LogP contribution in [0.2, 0.25) is 0 Å². The fraction of sp³-hybridized carbons (Fsp3) is 0.450. The van der Waals surface area contributed by atoms with Crippen LogP contribution < -0.4 is 10.6 Å². The van der Waals surface area contributed by atoms with Crippen LogP contribution in [0.4, 0.5) is 5.69 Å². The standard InChI is InChI=1S/C20H28N2OS/c1-12(2)17-9-7-8-10-19(17)22-20(23)15(5)21-14(4)18-11-13(3)24-16(18)6/h7-12,14-15,21H,1-6H3,(H,22,23). The van der Waals surface area contributed by atoms with Crippen molar-refractivity contribution in [3.05, 3.63) is 51.2 Å². The van der Waals surface area contributed by atoms with E-state index in [1.807, 2.05) is 25.1 Å². The molecule has 0 saturated carbocycles. The molecule has 2 aromatic rings. The van der Waals surface area contributed by atoms with Crippen LogP contribution in [0.5, 0.6) is 0 Å². The summed E-state index contributed by atoms with van der Waals surface area (Å²) < 4.78 is 0. The van der Waals surface area contributed by atoms with Crippen LogP contribution in [0, 0.1) is 13.8 Å². The van der Waals surface area contributed by atoms with Gasteiger partial charge in [-0.15, -0.1) is 11.3 Å². The van der Waals surface area contributed by atoms with Crippen molar-refractivity contribution >= 4 is 22.9 Å². The van der Waals surface area contributed by atoms with Gasteiger partial charge in [0, 0.05) is 21.5 Å². The quantitative estimate of drug-likeness (QED) is 0.759. The molecule has 0 aliphatic rings. The summed E-state index contributed by atoms with van der Waals surface area (Å²) in [7, 11) is 0. The van der Waals surface area contributed by atoms with Crippen LogP contribution in [-0.4, -0.2) is 11.9 Å². The fourth-order valence-corrected chi connectivity index (χ4v) is 4.00. The Morgan fingerprint density at radius 2 is 1.71 bits per heavy atom. The largest absolute Gasteiger partial charge is 0.324 e. The van der Waals surface area contributed by atoms with Gasteiger partial charge >= 0.3 is 0 Å². The summed E-state index contributed by atoms with van der Waals surface area (Å²) in [6, 6.07) is 10.1. The molecule has 2 unspecified atom stereocenters. The third-order valence-electron chi connectivity index (χ3n) is 4.28. The zero-order valence-electron chi connectivity index (χ0n) is 15.4. The van der Waals surface area contributed by atoms with Gasteiger partial charge in [-0.25, -0.2) is 0 Å². The maximum Gasteiger partial charge on any atom is 0.241 e. The van der Waals surface area contributed by atoms with Gasteiger partial charge in [0.05, 0.1) is 6.04 Å². The highest BCUT2D eigenvalue weighted by Crippen LogP contribution is 2.27. The molecule has 0 fully saturated rings. The molecular weight excluding hydrogens is 316 g/mol. The highest BCUT2D eigenvalue weighted by molar-refractivity contribution is 7.12. The molecule has 0 aliphatic carbocycles. The van der Waals surface area contributed by atoms with Gasteiger partial charge in [-0.05, 0) is 56.9 Å². The molecule has 0 radical (unpaired) electrons. The van der Waals surface area contributed by atoms with Crippen LogP contribution in [0.3, 0.4) is 0 Å². The first kappa shape index (κ1) is 18.7. The summed E-state index contributed by atoms with van der Waals surface area (Å²) in [6.45, 7) is 12.5. The number of hydrogen-bond donors (Lipinski definition) is 2. The molecule has 2 rings (SSSR count). The lowest BCUT2D eigenvalue weighted by Gasteiger charge is -2.21. The van der Waals surface area contributed by atoms with Crippen LogP contribution in [0.15, 0.2) is 30.3 Å². The number of anilines is 1. The highest BCUT2D eigenvalue weighted by atomic mass is 32.1. The average molecular weight is 345 g/mol. The summed E-state index contributed by atoms with van der Waals surface area (Å²) in [6.07, 6.45) is 0. The third-order valence-corrected chi connectivity index (χ3v) is 5.26. The number of hydrogen-bond acceptors (Lipinski definition) is 3. The molecule has 0 aliphatic heterocycles. The van der Waals surface area contributed by atoms with Gasteiger partial charge in [0.25, 0.3) is 0 Å². The minimum absolute atomic E-state index is 0.000412. The van der Waals surface area contributed by atoms with Crippen LogP contribution in [-0.2, 0) is 4.79 Å². The SMILES string of the molecule is Cc1cc(C(C)NC(C)C(=O)Nc2ccccc2C(C)C)c(C)s1. The van der Waals surface area contributed by atoms with E-state index in [0.29, 0.717) is 5.92 Å². The first-order chi connectivity index (χ1) is 11.3. The Labute approximate surface area is 149 Å². The number of nitrogens with one attached hydrogen (secondary N) is 2. The predicted octanol–water partition coefficient (Wildman–Crippen LogP) is 5.17. The molecule has 1 aromatic carbocycles. The van der Waals surface area contributed by atoms with Crippen molar-refractivity contribution in [2.75, 3.05) is 5.32 Å². The molecule has 130 valence electrons. The van der Waals surface area contributed by atoms with Crippen molar-refractivity contribution in [2.24, 2.45) is 0 Å². The van der Waals surface area contributed by atoms with E-state index in [1.165, 1.54) is 15.3 Å². The molecule has 1 amide bonds. The first-order valence-corrected chi connectivity index (χ1v) is 9.34. The Morgan fingerprint density at radius 3 is 2.29 bits per heavy atom. The van der Waals surface area contributed by atoms with Gasteiger partial charge in [0.15, 0.2) is 0 Å². The van der Waals surface area contributed by atoms with E-state index in [9.17, 15) is 4.79 Å². The summed E-state index contributed by atoms with van der Waals surface area (Å²) in [5.41, 5.74) is 3.34. The Kier molecular flexibility index (Phi) is 6.19. The van der Waals surface area contributed by atoms with Gasteiger partial charge in [-0.2, -0.15) is 0 Å². The van der Waals surface area contributed by atoms with Gasteiger partial charge in [-0.3, -0.25) is 10.1 Å². The normalized spacial score (nSPS) is 13.8. The van der Waals surface area contributed by atoms with Crippen LogP contribution >= 0.6 is 11.3 Å². The monoisotopic (exact) mass is 344 g/mol. The van der Waals surface area contributed by atoms with Gasteiger partial charge < -0.3 is 5.32 Å².